The summed E-state index contributed by atoms with van der Waals surface area (Å²) in [5.74, 6) is -0.109. The lowest BCUT2D eigenvalue weighted by atomic mass is 10.1. The molecule has 0 radical (unpaired) electrons. The molecule has 5 rings (SSSR count). The fourth-order valence-electron chi connectivity index (χ4n) is 4.58. The zero-order chi connectivity index (χ0) is 25.8. The third-order valence-corrected chi connectivity index (χ3v) is 7.50. The van der Waals surface area contributed by atoms with Crippen LogP contribution in [0, 0.1) is 0 Å². The molecule has 0 aliphatic carbocycles. The molecule has 1 unspecified atom stereocenters. The van der Waals surface area contributed by atoms with Gasteiger partial charge in [-0.25, -0.2) is 0 Å². The molecular weight excluding hydrogens is 478 g/mol. The monoisotopic (exact) mass is 507 g/mol. The Morgan fingerprint density at radius 3 is 2.22 bits per heavy atom. The lowest BCUT2D eigenvalue weighted by Crippen LogP contribution is -2.22. The number of fused-ring (bicyclic) bond motifs is 3. The van der Waals surface area contributed by atoms with E-state index in [-0.39, 0.29) is 17.1 Å². The summed E-state index contributed by atoms with van der Waals surface area (Å²) in [4.78, 5) is 26.2. The fraction of sp³-hybridized carbons (Fsp3) is 0.161. The van der Waals surface area contributed by atoms with E-state index in [0.717, 1.165) is 33.8 Å². The van der Waals surface area contributed by atoms with Crippen molar-refractivity contribution in [1.82, 2.24) is 4.57 Å². The molecule has 1 aromatic heterocycles. The predicted octanol–water partition coefficient (Wildman–Crippen LogP) is 7.11. The van der Waals surface area contributed by atoms with Gasteiger partial charge >= 0.3 is 0 Å². The van der Waals surface area contributed by atoms with Crippen molar-refractivity contribution < 1.29 is 9.59 Å². The van der Waals surface area contributed by atoms with E-state index in [1.165, 1.54) is 28.2 Å². The number of carbonyl (C=O) groups excluding carboxylic acids is 2. The summed E-state index contributed by atoms with van der Waals surface area (Å²) < 4.78 is 2.29. The summed E-state index contributed by atoms with van der Waals surface area (Å²) in [6.45, 7) is 4.93. The molecule has 5 nitrogen and oxygen atoms in total. The third-order valence-electron chi connectivity index (χ3n) is 6.38. The standard InChI is InChI=1S/C31H29N3O2S/c1-3-34-28-12-8-7-11-26(28)27-20-24(15-18-29(27)34)33-31(36)21(2)37-25-16-13-23(14-17-25)32-30(35)19-22-9-5-4-6-10-22/h4-18,20-21H,3,19H2,1-2H3,(H,32,35)(H,33,36). The van der Waals surface area contributed by atoms with Crippen LogP contribution in [0.2, 0.25) is 0 Å². The smallest absolute Gasteiger partial charge is 0.237 e. The van der Waals surface area contributed by atoms with E-state index in [9.17, 15) is 9.59 Å². The number of carbonyl (C=O) groups is 2. The summed E-state index contributed by atoms with van der Waals surface area (Å²) >= 11 is 1.49. The van der Waals surface area contributed by atoms with E-state index in [4.69, 9.17) is 0 Å². The first kappa shape index (κ1) is 24.7. The van der Waals surface area contributed by atoms with Crippen LogP contribution in [0.1, 0.15) is 19.4 Å². The van der Waals surface area contributed by atoms with E-state index >= 15 is 0 Å². The highest BCUT2D eigenvalue weighted by Crippen LogP contribution is 2.31. The first-order chi connectivity index (χ1) is 18.0. The highest BCUT2D eigenvalue weighted by atomic mass is 32.2. The lowest BCUT2D eigenvalue weighted by molar-refractivity contribution is -0.116. The first-order valence-corrected chi connectivity index (χ1v) is 13.3. The Balaban J connectivity index is 1.21. The molecule has 4 aromatic carbocycles. The molecule has 6 heteroatoms. The topological polar surface area (TPSA) is 63.1 Å². The van der Waals surface area contributed by atoms with Crippen LogP contribution in [-0.4, -0.2) is 21.6 Å². The number of thioether (sulfide) groups is 1. The van der Waals surface area contributed by atoms with E-state index in [1.54, 1.807) is 0 Å². The van der Waals surface area contributed by atoms with Gasteiger partial charge in [-0.2, -0.15) is 0 Å². The maximum atomic E-state index is 13.0. The van der Waals surface area contributed by atoms with Gasteiger partial charge in [-0.1, -0.05) is 48.5 Å². The van der Waals surface area contributed by atoms with Crippen LogP contribution >= 0.6 is 11.8 Å². The summed E-state index contributed by atoms with van der Waals surface area (Å²) in [6.07, 6.45) is 0.333. The van der Waals surface area contributed by atoms with Crippen LogP contribution in [0.25, 0.3) is 21.8 Å². The highest BCUT2D eigenvalue weighted by molar-refractivity contribution is 8.00. The summed E-state index contributed by atoms with van der Waals surface area (Å²) in [5.41, 5.74) is 4.87. The minimum atomic E-state index is -0.286. The number of nitrogens with one attached hydrogen (secondary N) is 2. The van der Waals surface area contributed by atoms with Crippen LogP contribution in [0.4, 0.5) is 11.4 Å². The number of anilines is 2. The molecule has 0 bridgehead atoms. The largest absolute Gasteiger partial charge is 0.341 e. The van der Waals surface area contributed by atoms with Crippen molar-refractivity contribution >= 4 is 56.8 Å². The lowest BCUT2D eigenvalue weighted by Gasteiger charge is -2.13. The number of hydrogen-bond donors (Lipinski definition) is 2. The maximum Gasteiger partial charge on any atom is 0.237 e. The van der Waals surface area contributed by atoms with Crippen LogP contribution in [0.15, 0.2) is 102 Å². The quantitative estimate of drug-likeness (QED) is 0.220. The van der Waals surface area contributed by atoms with Gasteiger partial charge in [0.25, 0.3) is 0 Å². The number of aryl methyl sites for hydroxylation is 1. The Morgan fingerprint density at radius 2 is 1.46 bits per heavy atom. The number of benzene rings is 4. The molecule has 0 fully saturated rings. The summed E-state index contributed by atoms with van der Waals surface area (Å²) in [7, 11) is 0. The van der Waals surface area contributed by atoms with E-state index in [0.29, 0.717) is 6.42 Å². The van der Waals surface area contributed by atoms with Gasteiger partial charge in [0.1, 0.15) is 0 Å². The Hall–Kier alpha value is -4.03. The summed E-state index contributed by atoms with van der Waals surface area (Å²) in [6, 6.07) is 31.7. The molecule has 2 amide bonds. The second-order valence-electron chi connectivity index (χ2n) is 8.98. The number of nitrogens with zero attached hydrogens (tertiary/aromatic N) is 1. The molecule has 0 spiro atoms. The van der Waals surface area contributed by atoms with Crippen LogP contribution in [0.3, 0.4) is 0 Å². The minimum absolute atomic E-state index is 0.0520. The molecule has 1 heterocycles. The fourth-order valence-corrected chi connectivity index (χ4v) is 5.44. The first-order valence-electron chi connectivity index (χ1n) is 12.4. The highest BCUT2D eigenvalue weighted by Gasteiger charge is 2.16. The number of rotatable bonds is 8. The van der Waals surface area contributed by atoms with Gasteiger partial charge in [-0.05, 0) is 67.9 Å². The Bertz CT molecular complexity index is 1560. The van der Waals surface area contributed by atoms with Crippen molar-refractivity contribution in [3.63, 3.8) is 0 Å². The molecular formula is C31H29N3O2S. The van der Waals surface area contributed by atoms with Gasteiger partial charge in [0, 0.05) is 44.6 Å². The molecule has 2 N–H and O–H groups in total. The van der Waals surface area contributed by atoms with Crippen molar-refractivity contribution in [2.45, 2.75) is 37.0 Å². The van der Waals surface area contributed by atoms with Crippen LogP contribution in [0.5, 0.6) is 0 Å². The van der Waals surface area contributed by atoms with Gasteiger partial charge < -0.3 is 15.2 Å². The van der Waals surface area contributed by atoms with Crippen LogP contribution in [-0.2, 0) is 22.6 Å². The van der Waals surface area contributed by atoms with Gasteiger partial charge in [0.05, 0.1) is 11.7 Å². The van der Waals surface area contributed by atoms with Gasteiger partial charge in [-0.15, -0.1) is 11.8 Å². The molecule has 186 valence electrons. The van der Waals surface area contributed by atoms with Gasteiger partial charge in [0.15, 0.2) is 0 Å². The average molecular weight is 508 g/mol. The Morgan fingerprint density at radius 1 is 0.784 bits per heavy atom. The van der Waals surface area contributed by atoms with E-state index < -0.39 is 0 Å². The molecule has 37 heavy (non-hydrogen) atoms. The molecule has 0 aliphatic heterocycles. The van der Waals surface area contributed by atoms with Gasteiger partial charge in [-0.3, -0.25) is 9.59 Å². The van der Waals surface area contributed by atoms with Crippen molar-refractivity contribution in [2.24, 2.45) is 0 Å². The zero-order valence-electron chi connectivity index (χ0n) is 20.9. The van der Waals surface area contributed by atoms with Crippen molar-refractivity contribution in [2.75, 3.05) is 10.6 Å². The molecule has 5 aromatic rings. The number of hydrogen-bond acceptors (Lipinski definition) is 3. The molecule has 0 saturated carbocycles. The van der Waals surface area contributed by atoms with E-state index in [1.807, 2.05) is 73.7 Å². The predicted molar refractivity (Wildman–Crippen MR) is 154 cm³/mol. The second kappa shape index (κ2) is 10.9. The molecule has 0 aliphatic rings. The molecule has 1 atom stereocenters. The number of amides is 2. The van der Waals surface area contributed by atoms with Crippen molar-refractivity contribution in [3.8, 4) is 0 Å². The van der Waals surface area contributed by atoms with Crippen molar-refractivity contribution in [1.29, 1.82) is 0 Å². The number of aromatic nitrogens is 1. The normalized spacial score (nSPS) is 11.9. The minimum Gasteiger partial charge on any atom is -0.341 e. The zero-order valence-corrected chi connectivity index (χ0v) is 21.7. The second-order valence-corrected chi connectivity index (χ2v) is 10.4. The maximum absolute atomic E-state index is 13.0. The SMILES string of the molecule is CCn1c2ccccc2c2cc(NC(=O)C(C)Sc3ccc(NC(=O)Cc4ccccc4)cc3)ccc21. The Kier molecular flexibility index (Phi) is 7.28. The Labute approximate surface area is 220 Å². The van der Waals surface area contributed by atoms with Crippen molar-refractivity contribution in [3.05, 3.63) is 103 Å². The third kappa shape index (κ3) is 5.54. The van der Waals surface area contributed by atoms with E-state index in [2.05, 4.69) is 52.5 Å². The van der Waals surface area contributed by atoms with Gasteiger partial charge in [0.2, 0.25) is 11.8 Å². The van der Waals surface area contributed by atoms with Crippen LogP contribution < -0.4 is 10.6 Å². The summed E-state index contributed by atoms with van der Waals surface area (Å²) in [5, 5.41) is 8.05. The average Bonchev–Trinajstić information content (AvgIpc) is 3.23. The number of para-hydroxylation sites is 1. The molecule has 0 saturated heterocycles.